The van der Waals surface area contributed by atoms with Crippen LogP contribution in [0, 0.1) is 6.92 Å². The van der Waals surface area contributed by atoms with Crippen molar-refractivity contribution in [2.24, 2.45) is 0 Å². The molecule has 0 saturated heterocycles. The summed E-state index contributed by atoms with van der Waals surface area (Å²) in [4.78, 5) is 16.1. The summed E-state index contributed by atoms with van der Waals surface area (Å²) < 4.78 is 5.53. The molecule has 2 aromatic rings. The Bertz CT molecular complexity index is 623. The summed E-state index contributed by atoms with van der Waals surface area (Å²) in [5.41, 5.74) is 0.912. The van der Waals surface area contributed by atoms with E-state index in [1.165, 1.54) is 11.8 Å². The Kier molecular flexibility index (Phi) is 5.51. The normalized spacial score (nSPS) is 12.1. The number of aromatic nitrogens is 3. The number of hydrogen-bond donors (Lipinski definition) is 1. The van der Waals surface area contributed by atoms with Crippen LogP contribution in [0.2, 0.25) is 0 Å². The summed E-state index contributed by atoms with van der Waals surface area (Å²) in [6.45, 7) is 7.74. The van der Waals surface area contributed by atoms with Crippen LogP contribution in [-0.2, 0) is 11.2 Å². The Morgan fingerprint density at radius 2 is 2.43 bits per heavy atom. The van der Waals surface area contributed by atoms with E-state index in [2.05, 4.69) is 27.1 Å². The van der Waals surface area contributed by atoms with Crippen molar-refractivity contribution < 1.29 is 9.21 Å². The third-order valence-corrected chi connectivity index (χ3v) is 4.27. The molecule has 0 unspecified atom stereocenters. The first kappa shape index (κ1) is 15.7. The summed E-state index contributed by atoms with van der Waals surface area (Å²) in [6, 6.07) is 0. The number of nitrogens with zero attached hydrogens (tertiary/aromatic N) is 3. The Morgan fingerprint density at radius 3 is 3.10 bits per heavy atom. The van der Waals surface area contributed by atoms with Crippen molar-refractivity contribution in [1.82, 2.24) is 20.5 Å². The maximum atomic E-state index is 11.7. The number of carbonyl (C=O) groups is 1. The van der Waals surface area contributed by atoms with Gasteiger partial charge in [-0.05, 0) is 13.8 Å². The average molecular weight is 324 g/mol. The Hall–Kier alpha value is -1.67. The van der Waals surface area contributed by atoms with Gasteiger partial charge in [-0.15, -0.1) is 28.1 Å². The summed E-state index contributed by atoms with van der Waals surface area (Å²) in [6.07, 6.45) is 2.14. The molecule has 112 valence electrons. The Labute approximate surface area is 131 Å². The van der Waals surface area contributed by atoms with E-state index in [0.717, 1.165) is 10.7 Å². The summed E-state index contributed by atoms with van der Waals surface area (Å²) in [5, 5.41) is 13.7. The van der Waals surface area contributed by atoms with Crippen LogP contribution in [-0.4, -0.2) is 32.9 Å². The van der Waals surface area contributed by atoms with E-state index >= 15 is 0 Å². The monoisotopic (exact) mass is 324 g/mol. The number of nitrogens with one attached hydrogen (secondary N) is 1. The molecule has 0 spiro atoms. The highest BCUT2D eigenvalue weighted by atomic mass is 32.2. The number of thioether (sulfide) groups is 1. The van der Waals surface area contributed by atoms with Crippen molar-refractivity contribution in [3.05, 3.63) is 34.6 Å². The standard InChI is InChI=1S/C13H16N4O2S2/c1-4-5-14-12(18)8(2)21-13-17-16-11(19-13)6-10-7-20-9(3)15-10/h4,7-8H,1,5-6H2,2-3H3,(H,14,18)/t8-/m1/s1. The summed E-state index contributed by atoms with van der Waals surface area (Å²) in [5.74, 6) is 0.413. The molecule has 2 aromatic heterocycles. The smallest absolute Gasteiger partial charge is 0.277 e. The molecule has 1 N–H and O–H groups in total. The molecule has 0 aliphatic carbocycles. The zero-order chi connectivity index (χ0) is 15.2. The van der Waals surface area contributed by atoms with E-state index < -0.39 is 0 Å². The van der Waals surface area contributed by atoms with Gasteiger partial charge < -0.3 is 9.73 Å². The molecule has 6 nitrogen and oxygen atoms in total. The molecule has 0 aliphatic rings. The predicted octanol–water partition coefficient (Wildman–Crippen LogP) is 2.21. The van der Waals surface area contributed by atoms with Crippen molar-refractivity contribution in [2.75, 3.05) is 6.54 Å². The number of aryl methyl sites for hydroxylation is 1. The van der Waals surface area contributed by atoms with Crippen molar-refractivity contribution >= 4 is 29.0 Å². The molecule has 21 heavy (non-hydrogen) atoms. The molecule has 0 bridgehead atoms. The molecule has 0 aromatic carbocycles. The number of carbonyl (C=O) groups excluding carboxylic acids is 1. The van der Waals surface area contributed by atoms with Crippen LogP contribution in [0.3, 0.4) is 0 Å². The summed E-state index contributed by atoms with van der Waals surface area (Å²) in [7, 11) is 0. The zero-order valence-corrected chi connectivity index (χ0v) is 13.5. The van der Waals surface area contributed by atoms with E-state index in [4.69, 9.17) is 4.42 Å². The Morgan fingerprint density at radius 1 is 1.62 bits per heavy atom. The van der Waals surface area contributed by atoms with Gasteiger partial charge in [-0.3, -0.25) is 4.79 Å². The first-order valence-electron chi connectivity index (χ1n) is 6.37. The van der Waals surface area contributed by atoms with Crippen LogP contribution in [0.4, 0.5) is 0 Å². The fraction of sp³-hybridized carbons (Fsp3) is 0.385. The number of rotatable bonds is 7. The predicted molar refractivity (Wildman–Crippen MR) is 82.5 cm³/mol. The lowest BCUT2D eigenvalue weighted by atomic mass is 10.3. The molecule has 2 rings (SSSR count). The van der Waals surface area contributed by atoms with Crippen molar-refractivity contribution in [1.29, 1.82) is 0 Å². The minimum Gasteiger partial charge on any atom is -0.416 e. The highest BCUT2D eigenvalue weighted by Crippen LogP contribution is 2.22. The number of hydrogen-bond acceptors (Lipinski definition) is 7. The van der Waals surface area contributed by atoms with Crippen LogP contribution < -0.4 is 5.32 Å². The fourth-order valence-electron chi connectivity index (χ4n) is 1.52. The van der Waals surface area contributed by atoms with Crippen molar-refractivity contribution in [2.45, 2.75) is 30.7 Å². The summed E-state index contributed by atoms with van der Waals surface area (Å²) >= 11 is 2.82. The molecule has 8 heteroatoms. The van der Waals surface area contributed by atoms with Gasteiger partial charge >= 0.3 is 0 Å². The van der Waals surface area contributed by atoms with Gasteiger partial charge in [-0.1, -0.05) is 17.8 Å². The third kappa shape index (κ3) is 4.68. The minimum absolute atomic E-state index is 0.0882. The highest BCUT2D eigenvalue weighted by molar-refractivity contribution is 8.00. The van der Waals surface area contributed by atoms with Crippen LogP contribution >= 0.6 is 23.1 Å². The van der Waals surface area contributed by atoms with Crippen LogP contribution in [0.15, 0.2) is 27.7 Å². The van der Waals surface area contributed by atoms with Gasteiger partial charge in [0.1, 0.15) is 0 Å². The first-order valence-corrected chi connectivity index (χ1v) is 8.13. The van der Waals surface area contributed by atoms with E-state index in [1.807, 2.05) is 12.3 Å². The fourth-order valence-corrected chi connectivity index (χ4v) is 2.86. The molecule has 2 heterocycles. The van der Waals surface area contributed by atoms with Crippen molar-refractivity contribution in [3.8, 4) is 0 Å². The molecule has 1 atom stereocenters. The van der Waals surface area contributed by atoms with E-state index in [1.54, 1.807) is 24.3 Å². The second kappa shape index (κ2) is 7.37. The van der Waals surface area contributed by atoms with Gasteiger partial charge in [0.25, 0.3) is 5.22 Å². The van der Waals surface area contributed by atoms with Gasteiger partial charge in [-0.25, -0.2) is 4.98 Å². The number of amides is 1. The van der Waals surface area contributed by atoms with E-state index in [-0.39, 0.29) is 11.2 Å². The third-order valence-electron chi connectivity index (χ3n) is 2.51. The van der Waals surface area contributed by atoms with Crippen molar-refractivity contribution in [3.63, 3.8) is 0 Å². The van der Waals surface area contributed by atoms with Gasteiger partial charge in [0.05, 0.1) is 22.4 Å². The largest absolute Gasteiger partial charge is 0.416 e. The van der Waals surface area contributed by atoms with Gasteiger partial charge in [0, 0.05) is 11.9 Å². The zero-order valence-electron chi connectivity index (χ0n) is 11.8. The SMILES string of the molecule is C=CCNC(=O)[C@@H](C)Sc1nnc(Cc2csc(C)n2)o1. The second-order valence-electron chi connectivity index (χ2n) is 4.29. The maximum absolute atomic E-state index is 11.7. The number of thiazole rings is 1. The van der Waals surface area contributed by atoms with Gasteiger partial charge in [-0.2, -0.15) is 0 Å². The lowest BCUT2D eigenvalue weighted by molar-refractivity contribution is -0.120. The van der Waals surface area contributed by atoms with Gasteiger partial charge in [0.15, 0.2) is 0 Å². The lowest BCUT2D eigenvalue weighted by Gasteiger charge is -2.07. The topological polar surface area (TPSA) is 80.9 Å². The lowest BCUT2D eigenvalue weighted by Crippen LogP contribution is -2.30. The molecule has 0 fully saturated rings. The maximum Gasteiger partial charge on any atom is 0.277 e. The molecular formula is C13H16N4O2S2. The van der Waals surface area contributed by atoms with Crippen LogP contribution in [0.1, 0.15) is 23.5 Å². The average Bonchev–Trinajstić information content (AvgIpc) is 3.06. The molecule has 0 saturated carbocycles. The quantitative estimate of drug-likeness (QED) is 0.621. The molecule has 0 radical (unpaired) electrons. The molecule has 1 amide bonds. The minimum atomic E-state index is -0.306. The molecular weight excluding hydrogens is 308 g/mol. The second-order valence-corrected chi connectivity index (χ2v) is 6.64. The van der Waals surface area contributed by atoms with Crippen LogP contribution in [0.25, 0.3) is 0 Å². The highest BCUT2D eigenvalue weighted by Gasteiger charge is 2.18. The first-order chi connectivity index (χ1) is 10.1. The van der Waals surface area contributed by atoms with E-state index in [0.29, 0.717) is 24.1 Å². The van der Waals surface area contributed by atoms with Gasteiger partial charge in [0.2, 0.25) is 11.8 Å². The van der Waals surface area contributed by atoms with E-state index in [9.17, 15) is 4.79 Å². The molecule has 0 aliphatic heterocycles. The van der Waals surface area contributed by atoms with Crippen LogP contribution in [0.5, 0.6) is 0 Å². The Balaban J connectivity index is 1.90.